The Morgan fingerprint density at radius 3 is 2.72 bits per heavy atom. The van der Waals surface area contributed by atoms with Gasteiger partial charge in [0.05, 0.1) is 12.7 Å². The summed E-state index contributed by atoms with van der Waals surface area (Å²) < 4.78 is 1.73. The van der Waals surface area contributed by atoms with Gasteiger partial charge in [0, 0.05) is 12.2 Å². The molecule has 0 aromatic carbocycles. The lowest BCUT2D eigenvalue weighted by atomic mass is 9.92. The summed E-state index contributed by atoms with van der Waals surface area (Å²) in [6, 6.07) is 0.137. The van der Waals surface area contributed by atoms with Gasteiger partial charge in [0.2, 0.25) is 0 Å². The number of carboxylic acids is 1. The number of hydrogen-bond acceptors (Lipinski definition) is 3. The average molecular weight is 251 g/mol. The highest BCUT2D eigenvalue weighted by atomic mass is 16.4. The first-order valence-corrected chi connectivity index (χ1v) is 6.44. The third kappa shape index (κ3) is 2.56. The van der Waals surface area contributed by atoms with Crippen LogP contribution >= 0.6 is 0 Å². The summed E-state index contributed by atoms with van der Waals surface area (Å²) in [5.41, 5.74) is 0.168. The zero-order valence-corrected chi connectivity index (χ0v) is 11.2. The highest BCUT2D eigenvalue weighted by Crippen LogP contribution is 2.41. The van der Waals surface area contributed by atoms with E-state index >= 15 is 0 Å². The van der Waals surface area contributed by atoms with Gasteiger partial charge in [-0.1, -0.05) is 0 Å². The summed E-state index contributed by atoms with van der Waals surface area (Å²) in [4.78, 5) is 11.7. The molecule has 1 aromatic heterocycles. The largest absolute Gasteiger partial charge is 0.480 e. The van der Waals surface area contributed by atoms with Crippen LogP contribution in [0.5, 0.6) is 0 Å². The molecule has 1 unspecified atom stereocenters. The summed E-state index contributed by atoms with van der Waals surface area (Å²) >= 11 is 0. The number of nitrogens with one attached hydrogen (secondary N) is 1. The van der Waals surface area contributed by atoms with Gasteiger partial charge in [-0.25, -0.2) is 0 Å². The van der Waals surface area contributed by atoms with E-state index in [1.165, 1.54) is 0 Å². The van der Waals surface area contributed by atoms with Gasteiger partial charge >= 0.3 is 5.97 Å². The molecule has 0 amide bonds. The summed E-state index contributed by atoms with van der Waals surface area (Å²) in [6.07, 6.45) is 5.61. The Bertz CT molecular complexity index is 437. The maximum atomic E-state index is 11.7. The van der Waals surface area contributed by atoms with E-state index in [1.54, 1.807) is 10.9 Å². The molecule has 0 bridgehead atoms. The van der Waals surface area contributed by atoms with Gasteiger partial charge in [0.25, 0.3) is 0 Å². The first-order valence-electron chi connectivity index (χ1n) is 6.44. The fourth-order valence-corrected chi connectivity index (χ4v) is 2.50. The fourth-order valence-electron chi connectivity index (χ4n) is 2.50. The molecule has 1 saturated carbocycles. The number of aliphatic carboxylic acids is 1. The number of aromatic nitrogens is 2. The molecule has 100 valence electrons. The van der Waals surface area contributed by atoms with Crippen LogP contribution in [0.1, 0.15) is 32.3 Å². The van der Waals surface area contributed by atoms with Crippen molar-refractivity contribution < 1.29 is 9.90 Å². The Kier molecular flexibility index (Phi) is 3.43. The Morgan fingerprint density at radius 1 is 1.67 bits per heavy atom. The summed E-state index contributed by atoms with van der Waals surface area (Å²) in [5, 5.41) is 17.1. The van der Waals surface area contributed by atoms with Crippen LogP contribution in [-0.4, -0.2) is 32.4 Å². The Hall–Kier alpha value is -1.36. The van der Waals surface area contributed by atoms with Crippen LogP contribution in [0.25, 0.3) is 0 Å². The van der Waals surface area contributed by atoms with E-state index in [2.05, 4.69) is 10.4 Å². The molecular weight excluding hydrogens is 230 g/mol. The van der Waals surface area contributed by atoms with Crippen molar-refractivity contribution in [3.8, 4) is 0 Å². The lowest BCUT2D eigenvalue weighted by molar-refractivity contribution is -0.147. The molecule has 2 N–H and O–H groups in total. The molecular formula is C13H21N3O2. The Morgan fingerprint density at radius 2 is 2.33 bits per heavy atom. The van der Waals surface area contributed by atoms with Crippen LogP contribution in [0.4, 0.5) is 0 Å². The van der Waals surface area contributed by atoms with Gasteiger partial charge in [0.15, 0.2) is 0 Å². The van der Waals surface area contributed by atoms with Gasteiger partial charge in [-0.15, -0.1) is 0 Å². The van der Waals surface area contributed by atoms with Gasteiger partial charge in [-0.05, 0) is 45.1 Å². The van der Waals surface area contributed by atoms with Crippen molar-refractivity contribution in [3.05, 3.63) is 18.0 Å². The third-order valence-electron chi connectivity index (χ3n) is 3.38. The third-order valence-corrected chi connectivity index (χ3v) is 3.38. The maximum absolute atomic E-state index is 11.7. The summed E-state index contributed by atoms with van der Waals surface area (Å²) in [6.45, 7) is 6.31. The summed E-state index contributed by atoms with van der Waals surface area (Å²) in [7, 11) is 0. The number of aryl methyl sites for hydroxylation is 1. The molecule has 1 aliphatic rings. The highest BCUT2D eigenvalue weighted by molar-refractivity contribution is 5.79. The Balaban J connectivity index is 2.25. The number of hydrogen-bond donors (Lipinski definition) is 2. The van der Waals surface area contributed by atoms with E-state index in [-0.39, 0.29) is 12.0 Å². The van der Waals surface area contributed by atoms with E-state index in [1.807, 2.05) is 27.0 Å². The lowest BCUT2D eigenvalue weighted by Gasteiger charge is -2.32. The van der Waals surface area contributed by atoms with Crippen LogP contribution < -0.4 is 5.32 Å². The van der Waals surface area contributed by atoms with Crippen molar-refractivity contribution >= 4 is 5.97 Å². The van der Waals surface area contributed by atoms with Crippen molar-refractivity contribution in [2.75, 3.05) is 0 Å². The molecule has 1 aromatic rings. The molecule has 5 nitrogen and oxygen atoms in total. The molecule has 0 radical (unpaired) electrons. The SMILES string of the molecule is Cc1cnn(CC(NC(C)C)(C(=O)O)C2CC2)c1. The standard InChI is InChI=1S/C13H21N3O2/c1-9(2)15-13(12(17)18,11-4-5-11)8-16-7-10(3)6-14-16/h6-7,9,11,15H,4-5,8H2,1-3H3,(H,17,18). The number of carbonyl (C=O) groups is 1. The number of rotatable bonds is 6. The highest BCUT2D eigenvalue weighted by Gasteiger charge is 2.51. The van der Waals surface area contributed by atoms with E-state index in [4.69, 9.17) is 0 Å². The molecule has 1 fully saturated rings. The van der Waals surface area contributed by atoms with Crippen molar-refractivity contribution in [1.29, 1.82) is 0 Å². The van der Waals surface area contributed by atoms with Gasteiger partial charge in [0.1, 0.15) is 5.54 Å². The van der Waals surface area contributed by atoms with Gasteiger partial charge in [-0.2, -0.15) is 5.10 Å². The minimum absolute atomic E-state index is 0.137. The Labute approximate surface area is 107 Å². The predicted molar refractivity (Wildman–Crippen MR) is 68.3 cm³/mol. The second-order valence-electron chi connectivity index (χ2n) is 5.57. The van der Waals surface area contributed by atoms with E-state index in [0.29, 0.717) is 6.54 Å². The average Bonchev–Trinajstić information content (AvgIpc) is 3.02. The molecule has 0 spiro atoms. The first kappa shape index (κ1) is 13.1. The molecule has 1 atom stereocenters. The van der Waals surface area contributed by atoms with Crippen molar-refractivity contribution in [1.82, 2.24) is 15.1 Å². The minimum Gasteiger partial charge on any atom is -0.480 e. The number of nitrogens with zero attached hydrogens (tertiary/aromatic N) is 2. The monoisotopic (exact) mass is 251 g/mol. The normalized spacial score (nSPS) is 18.9. The van der Waals surface area contributed by atoms with Gasteiger partial charge in [-0.3, -0.25) is 14.8 Å². The van der Waals surface area contributed by atoms with E-state index < -0.39 is 11.5 Å². The summed E-state index contributed by atoms with van der Waals surface area (Å²) in [5.74, 6) is -0.561. The predicted octanol–water partition coefficient (Wildman–Crippen LogP) is 1.42. The zero-order chi connectivity index (χ0) is 13.3. The molecule has 1 heterocycles. The topological polar surface area (TPSA) is 67.2 Å². The molecule has 5 heteroatoms. The maximum Gasteiger partial charge on any atom is 0.326 e. The van der Waals surface area contributed by atoms with Crippen LogP contribution in [0.2, 0.25) is 0 Å². The van der Waals surface area contributed by atoms with Crippen molar-refractivity contribution in [2.24, 2.45) is 5.92 Å². The van der Waals surface area contributed by atoms with Crippen LogP contribution in [0.3, 0.4) is 0 Å². The van der Waals surface area contributed by atoms with Crippen LogP contribution in [0.15, 0.2) is 12.4 Å². The van der Waals surface area contributed by atoms with Crippen molar-refractivity contribution in [2.45, 2.75) is 51.7 Å². The molecule has 0 aliphatic heterocycles. The quantitative estimate of drug-likeness (QED) is 0.802. The molecule has 18 heavy (non-hydrogen) atoms. The van der Waals surface area contributed by atoms with Crippen LogP contribution in [-0.2, 0) is 11.3 Å². The zero-order valence-electron chi connectivity index (χ0n) is 11.2. The second-order valence-corrected chi connectivity index (χ2v) is 5.57. The molecule has 1 aliphatic carbocycles. The van der Waals surface area contributed by atoms with E-state index in [0.717, 1.165) is 18.4 Å². The second kappa shape index (κ2) is 4.72. The first-order chi connectivity index (χ1) is 8.44. The fraction of sp³-hybridized carbons (Fsp3) is 0.692. The van der Waals surface area contributed by atoms with Crippen molar-refractivity contribution in [3.63, 3.8) is 0 Å². The lowest BCUT2D eigenvalue weighted by Crippen LogP contribution is -2.59. The minimum atomic E-state index is -0.882. The smallest absolute Gasteiger partial charge is 0.326 e. The van der Waals surface area contributed by atoms with Gasteiger partial charge < -0.3 is 5.11 Å². The van der Waals surface area contributed by atoms with Crippen LogP contribution in [0, 0.1) is 12.8 Å². The molecule has 2 rings (SSSR count). The molecule has 0 saturated heterocycles. The van der Waals surface area contributed by atoms with E-state index in [9.17, 15) is 9.90 Å². The number of carboxylic acid groups (broad SMARTS) is 1.